The average Bonchev–Trinajstić information content (AvgIpc) is 2.89. The van der Waals surface area contributed by atoms with Gasteiger partial charge in [0.2, 0.25) is 0 Å². The Kier molecular flexibility index (Phi) is 3.84. The van der Waals surface area contributed by atoms with Crippen LogP contribution in [0.5, 0.6) is 5.75 Å². The molecule has 0 heterocycles. The maximum absolute atomic E-state index is 5.87. The number of ether oxygens (including phenoxy) is 1. The van der Waals surface area contributed by atoms with Gasteiger partial charge in [-0.2, -0.15) is 0 Å². The number of anilines is 1. The summed E-state index contributed by atoms with van der Waals surface area (Å²) in [6.45, 7) is 2.19. The maximum Gasteiger partial charge on any atom is 0.123 e. The third-order valence-corrected chi connectivity index (χ3v) is 4.30. The zero-order valence-electron chi connectivity index (χ0n) is 12.6. The largest absolute Gasteiger partial charge is 0.496 e. The Balaban J connectivity index is 1.79. The van der Waals surface area contributed by atoms with E-state index in [0.717, 1.165) is 24.3 Å². The van der Waals surface area contributed by atoms with E-state index < -0.39 is 0 Å². The van der Waals surface area contributed by atoms with Crippen molar-refractivity contribution in [3.63, 3.8) is 0 Å². The van der Waals surface area contributed by atoms with Crippen LogP contribution in [0.3, 0.4) is 0 Å². The molecule has 3 nitrogen and oxygen atoms in total. The highest BCUT2D eigenvalue weighted by Crippen LogP contribution is 2.35. The van der Waals surface area contributed by atoms with Crippen molar-refractivity contribution in [2.75, 3.05) is 12.8 Å². The fraction of sp³-hybridized carbons (Fsp3) is 0.333. The molecule has 3 heteroatoms. The third kappa shape index (κ3) is 2.74. The van der Waals surface area contributed by atoms with Crippen LogP contribution in [0.1, 0.15) is 42.1 Å². The average molecular weight is 282 g/mol. The standard InChI is InChI=1S/C18H22N2O/c1-12(15-5-3-4-6-18(15)21-2)20-17-10-7-13-11-14(19)8-9-16(13)17/h3-6,8-9,11-12,17,20H,7,10,19H2,1-2H3/t12-,17?/m1/s1. The van der Waals surface area contributed by atoms with Crippen LogP contribution >= 0.6 is 0 Å². The van der Waals surface area contributed by atoms with Crippen molar-refractivity contribution >= 4 is 5.69 Å². The van der Waals surface area contributed by atoms with Crippen LogP contribution in [0.4, 0.5) is 5.69 Å². The highest BCUT2D eigenvalue weighted by molar-refractivity contribution is 5.48. The molecule has 0 amide bonds. The first-order valence-corrected chi connectivity index (χ1v) is 7.46. The van der Waals surface area contributed by atoms with Gasteiger partial charge in [0.25, 0.3) is 0 Å². The van der Waals surface area contributed by atoms with E-state index in [1.54, 1.807) is 7.11 Å². The molecule has 2 aromatic rings. The van der Waals surface area contributed by atoms with Gasteiger partial charge in [-0.3, -0.25) is 0 Å². The number of hydrogen-bond acceptors (Lipinski definition) is 3. The summed E-state index contributed by atoms with van der Waals surface area (Å²) >= 11 is 0. The maximum atomic E-state index is 5.87. The summed E-state index contributed by atoms with van der Waals surface area (Å²) in [6.07, 6.45) is 2.22. The van der Waals surface area contributed by atoms with Crippen molar-refractivity contribution in [2.24, 2.45) is 0 Å². The van der Waals surface area contributed by atoms with Gasteiger partial charge in [-0.15, -0.1) is 0 Å². The van der Waals surface area contributed by atoms with E-state index in [1.165, 1.54) is 16.7 Å². The summed E-state index contributed by atoms with van der Waals surface area (Å²) in [5.41, 5.74) is 10.7. The number of hydrogen-bond donors (Lipinski definition) is 2. The van der Waals surface area contributed by atoms with Gasteiger partial charge in [0.1, 0.15) is 5.75 Å². The number of para-hydroxylation sites is 1. The van der Waals surface area contributed by atoms with Gasteiger partial charge in [-0.1, -0.05) is 24.3 Å². The molecule has 3 N–H and O–H groups in total. The lowest BCUT2D eigenvalue weighted by Gasteiger charge is -2.22. The lowest BCUT2D eigenvalue weighted by Crippen LogP contribution is -2.23. The molecule has 0 saturated carbocycles. The van der Waals surface area contributed by atoms with Crippen LogP contribution in [0, 0.1) is 0 Å². The van der Waals surface area contributed by atoms with Gasteiger partial charge in [0.05, 0.1) is 7.11 Å². The number of nitrogens with two attached hydrogens (primary N) is 1. The number of nitrogen functional groups attached to an aromatic ring is 1. The Morgan fingerprint density at radius 2 is 2.05 bits per heavy atom. The van der Waals surface area contributed by atoms with E-state index in [0.29, 0.717) is 6.04 Å². The highest BCUT2D eigenvalue weighted by atomic mass is 16.5. The van der Waals surface area contributed by atoms with Crippen LogP contribution in [-0.2, 0) is 6.42 Å². The minimum atomic E-state index is 0.245. The molecule has 2 atom stereocenters. The van der Waals surface area contributed by atoms with Crippen molar-refractivity contribution in [3.05, 3.63) is 59.2 Å². The predicted octanol–water partition coefficient (Wildman–Crippen LogP) is 3.62. The lowest BCUT2D eigenvalue weighted by atomic mass is 10.0. The quantitative estimate of drug-likeness (QED) is 0.842. The van der Waals surface area contributed by atoms with E-state index in [-0.39, 0.29) is 6.04 Å². The van der Waals surface area contributed by atoms with Gasteiger partial charge in [-0.05, 0) is 49.1 Å². The van der Waals surface area contributed by atoms with Gasteiger partial charge in [-0.25, -0.2) is 0 Å². The summed E-state index contributed by atoms with van der Waals surface area (Å²) in [5, 5.41) is 3.72. The zero-order valence-corrected chi connectivity index (χ0v) is 12.6. The molecule has 0 saturated heterocycles. The molecule has 2 aromatic carbocycles. The topological polar surface area (TPSA) is 47.3 Å². The highest BCUT2D eigenvalue weighted by Gasteiger charge is 2.24. The van der Waals surface area contributed by atoms with Crippen LogP contribution in [0.2, 0.25) is 0 Å². The fourth-order valence-corrected chi connectivity index (χ4v) is 3.23. The van der Waals surface area contributed by atoms with Crippen LogP contribution < -0.4 is 15.8 Å². The van der Waals surface area contributed by atoms with Gasteiger partial charge < -0.3 is 15.8 Å². The Bertz CT molecular complexity index is 639. The molecule has 0 fully saturated rings. The van der Waals surface area contributed by atoms with Crippen LogP contribution in [0.25, 0.3) is 0 Å². The Morgan fingerprint density at radius 1 is 1.24 bits per heavy atom. The second-order valence-electron chi connectivity index (χ2n) is 5.68. The first-order chi connectivity index (χ1) is 10.2. The molecule has 0 bridgehead atoms. The van der Waals surface area contributed by atoms with E-state index in [4.69, 9.17) is 10.5 Å². The Labute approximate surface area is 126 Å². The fourth-order valence-electron chi connectivity index (χ4n) is 3.23. The first kappa shape index (κ1) is 14.0. The normalized spacial score (nSPS) is 18.3. The van der Waals surface area contributed by atoms with Crippen LogP contribution in [-0.4, -0.2) is 7.11 Å². The van der Waals surface area contributed by atoms with Crippen molar-refractivity contribution in [1.82, 2.24) is 5.32 Å². The molecular formula is C18H22N2O. The summed E-state index contributed by atoms with van der Waals surface area (Å²) in [6, 6.07) is 15.1. The SMILES string of the molecule is COc1ccccc1[C@@H](C)NC1CCc2cc(N)ccc21. The van der Waals surface area contributed by atoms with Crippen molar-refractivity contribution in [3.8, 4) is 5.75 Å². The monoisotopic (exact) mass is 282 g/mol. The second kappa shape index (κ2) is 5.78. The zero-order chi connectivity index (χ0) is 14.8. The Hall–Kier alpha value is -2.00. The molecule has 110 valence electrons. The van der Waals surface area contributed by atoms with Crippen LogP contribution in [0.15, 0.2) is 42.5 Å². The number of nitrogens with one attached hydrogen (secondary N) is 1. The molecule has 3 rings (SSSR count). The predicted molar refractivity (Wildman–Crippen MR) is 86.5 cm³/mol. The molecule has 0 radical (unpaired) electrons. The minimum absolute atomic E-state index is 0.245. The van der Waals surface area contributed by atoms with Gasteiger partial charge in [0, 0.05) is 23.3 Å². The van der Waals surface area contributed by atoms with E-state index in [2.05, 4.69) is 36.5 Å². The molecular weight excluding hydrogens is 260 g/mol. The number of aryl methyl sites for hydroxylation is 1. The smallest absolute Gasteiger partial charge is 0.123 e. The van der Waals surface area contributed by atoms with Gasteiger partial charge in [0.15, 0.2) is 0 Å². The molecule has 0 aliphatic heterocycles. The van der Waals surface area contributed by atoms with E-state index in [1.807, 2.05) is 18.2 Å². The first-order valence-electron chi connectivity index (χ1n) is 7.46. The molecule has 1 aliphatic carbocycles. The van der Waals surface area contributed by atoms with Crippen molar-refractivity contribution in [2.45, 2.75) is 31.8 Å². The number of benzene rings is 2. The second-order valence-corrected chi connectivity index (χ2v) is 5.68. The van der Waals surface area contributed by atoms with E-state index in [9.17, 15) is 0 Å². The summed E-state index contributed by atoms with van der Waals surface area (Å²) < 4.78 is 5.46. The summed E-state index contributed by atoms with van der Waals surface area (Å²) in [4.78, 5) is 0. The van der Waals surface area contributed by atoms with E-state index >= 15 is 0 Å². The molecule has 1 unspecified atom stereocenters. The Morgan fingerprint density at radius 3 is 2.86 bits per heavy atom. The number of fused-ring (bicyclic) bond motifs is 1. The summed E-state index contributed by atoms with van der Waals surface area (Å²) in [5.74, 6) is 0.938. The lowest BCUT2D eigenvalue weighted by molar-refractivity contribution is 0.393. The minimum Gasteiger partial charge on any atom is -0.496 e. The molecule has 21 heavy (non-hydrogen) atoms. The molecule has 1 aliphatic rings. The van der Waals surface area contributed by atoms with Gasteiger partial charge >= 0.3 is 0 Å². The third-order valence-electron chi connectivity index (χ3n) is 4.30. The van der Waals surface area contributed by atoms with Crippen molar-refractivity contribution < 1.29 is 4.74 Å². The van der Waals surface area contributed by atoms with Crippen molar-refractivity contribution in [1.29, 1.82) is 0 Å². The number of rotatable bonds is 4. The number of methoxy groups -OCH3 is 1. The molecule has 0 aromatic heterocycles. The molecule has 0 spiro atoms. The summed E-state index contributed by atoms with van der Waals surface area (Å²) in [7, 11) is 1.72.